The van der Waals surface area contributed by atoms with Gasteiger partial charge in [-0.05, 0) is 37.1 Å². The normalized spacial score (nSPS) is 15.0. The smallest absolute Gasteiger partial charge is 0.257 e. The molecule has 0 unspecified atom stereocenters. The Kier molecular flexibility index (Phi) is 6.06. The number of ether oxygens (including phenoxy) is 2. The van der Waals surface area contributed by atoms with Gasteiger partial charge in [-0.2, -0.15) is 5.10 Å². The third kappa shape index (κ3) is 4.65. The number of hydrogen-bond acceptors (Lipinski definition) is 5. The molecule has 3 aromatic carbocycles. The number of aromatic nitrogens is 2. The van der Waals surface area contributed by atoms with E-state index in [2.05, 4.69) is 5.32 Å². The Bertz CT molecular complexity index is 1430. The summed E-state index contributed by atoms with van der Waals surface area (Å²) in [6.45, 7) is 1.20. The molecule has 1 saturated heterocycles. The third-order valence-electron chi connectivity index (χ3n) is 6.81. The average Bonchev–Trinajstić information content (AvgIpc) is 3.61. The molecule has 6 rings (SSSR count). The molecule has 1 aromatic heterocycles. The zero-order valence-corrected chi connectivity index (χ0v) is 20.2. The Balaban J connectivity index is 1.16. The molecule has 2 amide bonds. The molecule has 0 atom stereocenters. The first-order chi connectivity index (χ1) is 18.2. The molecule has 1 fully saturated rings. The standard InChI is InChI=1S/C29H26N4O4/c34-28(30-22-11-12-25-26(17-22)37-19-36-25)21-13-15-32(16-14-21)29(35)24-18-33(23-9-5-2-6-10-23)31-27(24)20-7-3-1-4-8-20/h1-12,17-18,21H,13-16,19H2,(H,30,34). The lowest BCUT2D eigenvalue weighted by Gasteiger charge is -2.31. The molecular weight excluding hydrogens is 468 g/mol. The molecule has 2 aliphatic rings. The number of anilines is 1. The van der Waals surface area contributed by atoms with Crippen molar-refractivity contribution in [3.05, 3.63) is 90.6 Å². The van der Waals surface area contributed by atoms with Crippen LogP contribution in [0.1, 0.15) is 23.2 Å². The van der Waals surface area contributed by atoms with Crippen molar-refractivity contribution < 1.29 is 19.1 Å². The molecule has 1 N–H and O–H groups in total. The van der Waals surface area contributed by atoms with E-state index >= 15 is 0 Å². The zero-order valence-electron chi connectivity index (χ0n) is 20.2. The van der Waals surface area contributed by atoms with Crippen molar-refractivity contribution in [2.45, 2.75) is 12.8 Å². The number of rotatable bonds is 5. The Labute approximate surface area is 214 Å². The number of hydrogen-bond donors (Lipinski definition) is 1. The monoisotopic (exact) mass is 494 g/mol. The SMILES string of the molecule is O=C(Nc1ccc2c(c1)OCO2)C1CCN(C(=O)c2cn(-c3ccccc3)nc2-c2ccccc2)CC1. The first-order valence-corrected chi connectivity index (χ1v) is 12.4. The summed E-state index contributed by atoms with van der Waals surface area (Å²) in [7, 11) is 0. The molecule has 0 saturated carbocycles. The summed E-state index contributed by atoms with van der Waals surface area (Å²) in [6, 6.07) is 24.9. The van der Waals surface area contributed by atoms with Crippen molar-refractivity contribution in [3.63, 3.8) is 0 Å². The van der Waals surface area contributed by atoms with Crippen LogP contribution in [0.15, 0.2) is 85.1 Å². The zero-order chi connectivity index (χ0) is 25.2. The van der Waals surface area contributed by atoms with Crippen molar-refractivity contribution in [2.24, 2.45) is 5.92 Å². The molecule has 0 radical (unpaired) electrons. The fourth-order valence-electron chi connectivity index (χ4n) is 4.79. The van der Waals surface area contributed by atoms with Gasteiger partial charge in [0.15, 0.2) is 11.5 Å². The van der Waals surface area contributed by atoms with Crippen molar-refractivity contribution in [3.8, 4) is 28.4 Å². The van der Waals surface area contributed by atoms with E-state index in [1.54, 1.807) is 29.1 Å². The highest BCUT2D eigenvalue weighted by molar-refractivity contribution is 6.00. The van der Waals surface area contributed by atoms with Crippen LogP contribution in [0.4, 0.5) is 5.69 Å². The summed E-state index contributed by atoms with van der Waals surface area (Å²) in [6.07, 6.45) is 2.99. The van der Waals surface area contributed by atoms with Crippen molar-refractivity contribution in [2.75, 3.05) is 25.2 Å². The van der Waals surface area contributed by atoms with Crippen LogP contribution in [0, 0.1) is 5.92 Å². The second-order valence-corrected chi connectivity index (χ2v) is 9.16. The highest BCUT2D eigenvalue weighted by Gasteiger charge is 2.30. The summed E-state index contributed by atoms with van der Waals surface area (Å²) in [4.78, 5) is 28.4. The maximum Gasteiger partial charge on any atom is 0.257 e. The Morgan fingerprint density at radius 2 is 1.57 bits per heavy atom. The minimum absolute atomic E-state index is 0.0483. The van der Waals surface area contributed by atoms with Gasteiger partial charge in [0.05, 0.1) is 11.3 Å². The van der Waals surface area contributed by atoms with Crippen molar-refractivity contribution in [1.29, 1.82) is 0 Å². The number of nitrogens with one attached hydrogen (secondary N) is 1. The molecule has 186 valence electrons. The minimum Gasteiger partial charge on any atom is -0.454 e. The van der Waals surface area contributed by atoms with Gasteiger partial charge >= 0.3 is 0 Å². The third-order valence-corrected chi connectivity index (χ3v) is 6.81. The van der Waals surface area contributed by atoms with E-state index in [9.17, 15) is 9.59 Å². The number of para-hydroxylation sites is 1. The summed E-state index contributed by atoms with van der Waals surface area (Å²) >= 11 is 0. The Hall–Kier alpha value is -4.59. The molecule has 37 heavy (non-hydrogen) atoms. The maximum atomic E-state index is 13.7. The molecular formula is C29H26N4O4. The van der Waals surface area contributed by atoms with Crippen molar-refractivity contribution >= 4 is 17.5 Å². The van der Waals surface area contributed by atoms with Gasteiger partial charge in [-0.3, -0.25) is 9.59 Å². The first-order valence-electron chi connectivity index (χ1n) is 12.4. The highest BCUT2D eigenvalue weighted by Crippen LogP contribution is 2.34. The minimum atomic E-state index is -0.171. The predicted molar refractivity (Wildman–Crippen MR) is 139 cm³/mol. The lowest BCUT2D eigenvalue weighted by molar-refractivity contribution is -0.121. The van der Waals surface area contributed by atoms with Crippen molar-refractivity contribution in [1.82, 2.24) is 14.7 Å². The topological polar surface area (TPSA) is 85.7 Å². The lowest BCUT2D eigenvalue weighted by atomic mass is 9.95. The summed E-state index contributed by atoms with van der Waals surface area (Å²) < 4.78 is 12.5. The van der Waals surface area contributed by atoms with Gasteiger partial charge in [-0.1, -0.05) is 48.5 Å². The number of fused-ring (bicyclic) bond motifs is 1. The maximum absolute atomic E-state index is 13.7. The first kappa shape index (κ1) is 22.8. The second-order valence-electron chi connectivity index (χ2n) is 9.16. The highest BCUT2D eigenvalue weighted by atomic mass is 16.7. The summed E-state index contributed by atoms with van der Waals surface area (Å²) in [5.41, 5.74) is 3.65. The van der Waals surface area contributed by atoms with Crippen LogP contribution in [-0.2, 0) is 4.79 Å². The van der Waals surface area contributed by atoms with E-state index in [-0.39, 0.29) is 24.5 Å². The summed E-state index contributed by atoms with van der Waals surface area (Å²) in [5, 5.41) is 7.75. The number of piperidine rings is 1. The van der Waals surface area contributed by atoms with Gasteiger partial charge in [-0.25, -0.2) is 4.68 Å². The van der Waals surface area contributed by atoms with Crippen LogP contribution in [-0.4, -0.2) is 46.4 Å². The Morgan fingerprint density at radius 3 is 2.32 bits per heavy atom. The number of nitrogens with zero attached hydrogens (tertiary/aromatic N) is 3. The van der Waals surface area contributed by atoms with Crippen LogP contribution in [0.5, 0.6) is 11.5 Å². The second kappa shape index (κ2) is 9.81. The van der Waals surface area contributed by atoms with Gasteiger partial charge in [-0.15, -0.1) is 0 Å². The lowest BCUT2D eigenvalue weighted by Crippen LogP contribution is -2.41. The molecule has 8 heteroatoms. The summed E-state index contributed by atoms with van der Waals surface area (Å²) in [5.74, 6) is 1.01. The number of benzene rings is 3. The van der Waals surface area contributed by atoms with E-state index < -0.39 is 0 Å². The molecule has 8 nitrogen and oxygen atoms in total. The fraction of sp³-hybridized carbons (Fsp3) is 0.207. The van der Waals surface area contributed by atoms with Crippen LogP contribution >= 0.6 is 0 Å². The van der Waals surface area contributed by atoms with E-state index in [1.165, 1.54) is 0 Å². The molecule has 0 bridgehead atoms. The van der Waals surface area contributed by atoms with Gasteiger partial charge in [0.1, 0.15) is 5.69 Å². The van der Waals surface area contributed by atoms with E-state index in [0.29, 0.717) is 54.4 Å². The largest absolute Gasteiger partial charge is 0.454 e. The van der Waals surface area contributed by atoms with Gasteiger partial charge in [0, 0.05) is 42.5 Å². The van der Waals surface area contributed by atoms with Crippen LogP contribution < -0.4 is 14.8 Å². The van der Waals surface area contributed by atoms with Crippen LogP contribution in [0.3, 0.4) is 0 Å². The number of carbonyl (C=O) groups excluding carboxylic acids is 2. The van der Waals surface area contributed by atoms with E-state index in [4.69, 9.17) is 14.6 Å². The Morgan fingerprint density at radius 1 is 0.865 bits per heavy atom. The predicted octanol–water partition coefficient (Wildman–Crippen LogP) is 4.76. The molecule has 3 heterocycles. The molecule has 2 aliphatic heterocycles. The van der Waals surface area contributed by atoms with Crippen LogP contribution in [0.25, 0.3) is 16.9 Å². The number of carbonyl (C=O) groups is 2. The number of amides is 2. The van der Waals surface area contributed by atoms with Gasteiger partial charge in [0.25, 0.3) is 5.91 Å². The van der Waals surface area contributed by atoms with Crippen LogP contribution in [0.2, 0.25) is 0 Å². The fourth-order valence-corrected chi connectivity index (χ4v) is 4.79. The van der Waals surface area contributed by atoms with E-state index in [1.807, 2.05) is 65.6 Å². The quantitative estimate of drug-likeness (QED) is 0.432. The number of likely N-dealkylation sites (tertiary alicyclic amines) is 1. The van der Waals surface area contributed by atoms with Gasteiger partial charge in [0.2, 0.25) is 12.7 Å². The molecule has 4 aromatic rings. The molecule has 0 aliphatic carbocycles. The van der Waals surface area contributed by atoms with Gasteiger partial charge < -0.3 is 19.7 Å². The molecule has 0 spiro atoms. The van der Waals surface area contributed by atoms with E-state index in [0.717, 1.165) is 11.3 Å². The average molecular weight is 495 g/mol.